The number of allylic oxidation sites excluding steroid dienone is 1. The molecule has 1 N–H and O–H groups in total. The molecule has 2 aliphatic rings. The van der Waals surface area contributed by atoms with E-state index in [1.807, 2.05) is 24.3 Å². The smallest absolute Gasteiger partial charge is 0.274 e. The summed E-state index contributed by atoms with van der Waals surface area (Å²) in [5.74, 6) is 1.26. The van der Waals surface area contributed by atoms with Crippen molar-refractivity contribution in [3.8, 4) is 0 Å². The minimum atomic E-state index is -0.204. The maximum atomic E-state index is 13.2. The van der Waals surface area contributed by atoms with Crippen LogP contribution in [0.3, 0.4) is 0 Å². The number of hydrogen-bond donors (Lipinski definition) is 1. The first-order valence-corrected chi connectivity index (χ1v) is 12.7. The summed E-state index contributed by atoms with van der Waals surface area (Å²) in [5.41, 5.74) is 6.30. The van der Waals surface area contributed by atoms with Crippen molar-refractivity contribution in [2.24, 2.45) is 17.3 Å². The highest BCUT2D eigenvalue weighted by molar-refractivity contribution is 5.95. The lowest BCUT2D eigenvalue weighted by atomic mass is 9.79. The summed E-state index contributed by atoms with van der Waals surface area (Å²) < 4.78 is 1.70. The molecule has 2 atom stereocenters. The number of rotatable bonds is 9. The summed E-state index contributed by atoms with van der Waals surface area (Å²) in [6, 6.07) is 9.35. The van der Waals surface area contributed by atoms with Gasteiger partial charge in [0.15, 0.2) is 0 Å². The van der Waals surface area contributed by atoms with Crippen LogP contribution in [0, 0.1) is 17.3 Å². The lowest BCUT2D eigenvalue weighted by molar-refractivity contribution is 0.0779. The third-order valence-corrected chi connectivity index (χ3v) is 7.72. The van der Waals surface area contributed by atoms with E-state index in [-0.39, 0.29) is 17.2 Å². The van der Waals surface area contributed by atoms with Crippen molar-refractivity contribution in [2.75, 3.05) is 13.6 Å². The van der Waals surface area contributed by atoms with Gasteiger partial charge in [-0.25, -0.2) is 4.98 Å². The van der Waals surface area contributed by atoms with E-state index in [9.17, 15) is 9.59 Å². The van der Waals surface area contributed by atoms with E-state index in [0.717, 1.165) is 48.8 Å². The molecular weight excluding hydrogens is 450 g/mol. The quantitative estimate of drug-likeness (QED) is 0.457. The van der Waals surface area contributed by atoms with Crippen LogP contribution < -0.4 is 5.32 Å². The van der Waals surface area contributed by atoms with Gasteiger partial charge in [0.05, 0.1) is 0 Å². The first-order valence-electron chi connectivity index (χ1n) is 12.7. The molecule has 186 valence electrons. The maximum absolute atomic E-state index is 13.2. The molecule has 2 saturated carbocycles. The van der Waals surface area contributed by atoms with Crippen molar-refractivity contribution in [3.63, 3.8) is 0 Å². The van der Waals surface area contributed by atoms with E-state index in [4.69, 9.17) is 0 Å². The van der Waals surface area contributed by atoms with Gasteiger partial charge in [0.1, 0.15) is 17.0 Å². The Morgan fingerprint density at radius 1 is 1.28 bits per heavy atom. The van der Waals surface area contributed by atoms with Crippen molar-refractivity contribution in [1.29, 1.82) is 0 Å². The van der Waals surface area contributed by atoms with Crippen molar-refractivity contribution in [2.45, 2.75) is 45.6 Å². The Labute approximate surface area is 211 Å². The van der Waals surface area contributed by atoms with Crippen molar-refractivity contribution in [3.05, 3.63) is 83.8 Å². The molecule has 2 aliphatic carbocycles. The number of aryl methyl sites for hydroxylation is 1. The van der Waals surface area contributed by atoms with Gasteiger partial charge in [0, 0.05) is 38.2 Å². The van der Waals surface area contributed by atoms with Gasteiger partial charge in [0.2, 0.25) is 0 Å². The number of amides is 2. The van der Waals surface area contributed by atoms with Crippen molar-refractivity contribution >= 4 is 17.5 Å². The van der Waals surface area contributed by atoms with Gasteiger partial charge in [-0.15, -0.1) is 5.73 Å². The molecule has 7 heteroatoms. The van der Waals surface area contributed by atoms with E-state index in [1.165, 1.54) is 6.42 Å². The van der Waals surface area contributed by atoms with Crippen LogP contribution in [0.1, 0.15) is 64.8 Å². The highest BCUT2D eigenvalue weighted by Gasteiger charge is 2.53. The van der Waals surface area contributed by atoms with Crippen LogP contribution in [0.5, 0.6) is 0 Å². The van der Waals surface area contributed by atoms with Gasteiger partial charge in [-0.2, -0.15) is 0 Å². The molecule has 3 aromatic heterocycles. The van der Waals surface area contributed by atoms with E-state index in [2.05, 4.69) is 34.5 Å². The summed E-state index contributed by atoms with van der Waals surface area (Å²) >= 11 is 0. The minimum Gasteiger partial charge on any atom is -0.350 e. The second-order valence-electron chi connectivity index (χ2n) is 10.4. The molecule has 0 spiro atoms. The molecule has 36 heavy (non-hydrogen) atoms. The van der Waals surface area contributed by atoms with E-state index in [1.54, 1.807) is 40.9 Å². The number of imidazole rings is 1. The Kier molecular flexibility index (Phi) is 6.50. The lowest BCUT2D eigenvalue weighted by Gasteiger charge is -2.30. The molecule has 3 aromatic rings. The molecule has 0 aliphatic heterocycles. The molecular formula is C29H33N5O2. The molecule has 0 bridgehead atoms. The molecule has 0 radical (unpaired) electrons. The van der Waals surface area contributed by atoms with E-state index >= 15 is 0 Å². The minimum absolute atomic E-state index is 0.0881. The van der Waals surface area contributed by atoms with Crippen LogP contribution in [-0.4, -0.2) is 44.7 Å². The average Bonchev–Trinajstić information content (AvgIpc) is 3.30. The van der Waals surface area contributed by atoms with Gasteiger partial charge in [0.25, 0.3) is 11.8 Å². The van der Waals surface area contributed by atoms with Gasteiger partial charge in [-0.05, 0) is 79.2 Å². The van der Waals surface area contributed by atoms with Crippen LogP contribution in [0.25, 0.3) is 5.65 Å². The number of nitrogens with zero attached hydrogens (tertiary/aromatic N) is 4. The molecule has 2 amide bonds. The number of aromatic nitrogens is 3. The standard InChI is InChI=1S/C29H33N5O2/c1-4-6-12-29(14-21-13-22(21)15-29)19-31-27(35)25-8-7-9-26-32-24(18-34(25)26)28(36)33(3)17-20-10-11-23(5-2)30-16-20/h6-11,16,18,21-22H,1,5,12-15,17,19H2,2-3H3,(H,31,35). The van der Waals surface area contributed by atoms with Crippen molar-refractivity contribution in [1.82, 2.24) is 24.6 Å². The number of hydrogen-bond acceptors (Lipinski definition) is 4. The van der Waals surface area contributed by atoms with Crippen LogP contribution in [-0.2, 0) is 13.0 Å². The first-order chi connectivity index (χ1) is 17.4. The summed E-state index contributed by atoms with van der Waals surface area (Å²) in [7, 11) is 1.75. The van der Waals surface area contributed by atoms with Crippen LogP contribution >= 0.6 is 0 Å². The predicted octanol–water partition coefficient (Wildman–Crippen LogP) is 4.44. The Morgan fingerprint density at radius 3 is 2.78 bits per heavy atom. The van der Waals surface area contributed by atoms with E-state index < -0.39 is 0 Å². The zero-order chi connectivity index (χ0) is 25.3. The second-order valence-corrected chi connectivity index (χ2v) is 10.4. The fourth-order valence-corrected chi connectivity index (χ4v) is 5.63. The van der Waals surface area contributed by atoms with Gasteiger partial charge >= 0.3 is 0 Å². The third kappa shape index (κ3) is 4.84. The molecule has 2 unspecified atom stereocenters. The number of fused-ring (bicyclic) bond motifs is 2. The normalized spacial score (nSPS) is 22.1. The monoisotopic (exact) mass is 483 g/mol. The average molecular weight is 484 g/mol. The summed E-state index contributed by atoms with van der Waals surface area (Å²) in [6.45, 7) is 6.82. The Bertz CT molecular complexity index is 1330. The predicted molar refractivity (Wildman–Crippen MR) is 139 cm³/mol. The number of carbonyl (C=O) groups excluding carboxylic acids is 2. The summed E-state index contributed by atoms with van der Waals surface area (Å²) in [6.07, 6.45) is 10.8. The molecule has 2 fully saturated rings. The van der Waals surface area contributed by atoms with Crippen molar-refractivity contribution < 1.29 is 9.59 Å². The van der Waals surface area contributed by atoms with E-state index in [0.29, 0.717) is 30.1 Å². The molecule has 5 rings (SSSR count). The molecule has 0 aromatic carbocycles. The van der Waals surface area contributed by atoms with Crippen LogP contribution in [0.4, 0.5) is 0 Å². The van der Waals surface area contributed by atoms with Crippen LogP contribution in [0.15, 0.2) is 61.1 Å². The number of carbonyl (C=O) groups is 2. The third-order valence-electron chi connectivity index (χ3n) is 7.72. The Hall–Kier alpha value is -3.70. The van der Waals surface area contributed by atoms with Gasteiger partial charge in [-0.1, -0.05) is 25.6 Å². The first kappa shape index (κ1) is 24.0. The van der Waals surface area contributed by atoms with Gasteiger partial charge in [-0.3, -0.25) is 19.0 Å². The largest absolute Gasteiger partial charge is 0.350 e. The summed E-state index contributed by atoms with van der Waals surface area (Å²) in [4.78, 5) is 36.9. The Morgan fingerprint density at radius 2 is 2.08 bits per heavy atom. The highest BCUT2D eigenvalue weighted by atomic mass is 16.2. The lowest BCUT2D eigenvalue weighted by Crippen LogP contribution is -2.37. The Balaban J connectivity index is 1.29. The molecule has 7 nitrogen and oxygen atoms in total. The maximum Gasteiger partial charge on any atom is 0.274 e. The fraction of sp³-hybridized carbons (Fsp3) is 0.414. The summed E-state index contributed by atoms with van der Waals surface area (Å²) in [5, 5.41) is 3.17. The number of pyridine rings is 2. The highest BCUT2D eigenvalue weighted by Crippen LogP contribution is 2.61. The zero-order valence-corrected chi connectivity index (χ0v) is 21.0. The SMILES string of the molecule is C=C=CCC1(CNC(=O)c2cccc3nc(C(=O)N(C)Cc4ccc(CC)nc4)cn23)CC2CC2C1. The van der Waals surface area contributed by atoms with Gasteiger partial charge < -0.3 is 10.2 Å². The fourth-order valence-electron chi connectivity index (χ4n) is 5.63. The topological polar surface area (TPSA) is 79.6 Å². The number of nitrogens with one attached hydrogen (secondary N) is 1. The molecule has 0 saturated heterocycles. The molecule has 3 heterocycles. The van der Waals surface area contributed by atoms with Crippen LogP contribution in [0.2, 0.25) is 0 Å². The zero-order valence-electron chi connectivity index (χ0n) is 21.0. The second kappa shape index (κ2) is 9.75.